The van der Waals surface area contributed by atoms with E-state index in [2.05, 4.69) is 18.5 Å². The van der Waals surface area contributed by atoms with E-state index in [0.717, 1.165) is 19.4 Å². The average molecular weight is 287 g/mol. The molecule has 0 aromatic carbocycles. The lowest BCUT2D eigenvalue weighted by Crippen LogP contribution is -2.48. The molecule has 1 saturated heterocycles. The molecule has 1 N–H and O–H groups in total. The predicted octanol–water partition coefficient (Wildman–Crippen LogP) is 0.837. The van der Waals surface area contributed by atoms with Gasteiger partial charge in [-0.15, -0.1) is 13.2 Å². The van der Waals surface area contributed by atoms with Gasteiger partial charge in [0.1, 0.15) is 0 Å². The molecule has 0 aromatic heterocycles. The van der Waals surface area contributed by atoms with Gasteiger partial charge in [0.2, 0.25) is 0 Å². The molecule has 5 nitrogen and oxygen atoms in total. The Bertz CT molecular complexity index is 377. The molecule has 0 atom stereocenters. The molecule has 1 heterocycles. The van der Waals surface area contributed by atoms with Crippen LogP contribution in [0.1, 0.15) is 12.8 Å². The van der Waals surface area contributed by atoms with E-state index in [9.17, 15) is 8.42 Å². The minimum Gasteiger partial charge on any atom is -0.319 e. The van der Waals surface area contributed by atoms with E-state index < -0.39 is 10.2 Å². The Morgan fingerprint density at radius 2 is 1.79 bits per heavy atom. The summed E-state index contributed by atoms with van der Waals surface area (Å²) in [5, 5.41) is 3.15. The smallest absolute Gasteiger partial charge is 0.282 e. The molecule has 19 heavy (non-hydrogen) atoms. The zero-order valence-corrected chi connectivity index (χ0v) is 12.5. The van der Waals surface area contributed by atoms with Crippen LogP contribution in [0.2, 0.25) is 0 Å². The number of piperidine rings is 1. The molecule has 1 aliphatic rings. The largest absolute Gasteiger partial charge is 0.319 e. The van der Waals surface area contributed by atoms with Crippen LogP contribution >= 0.6 is 0 Å². The molecule has 0 radical (unpaired) electrons. The first-order valence-corrected chi connectivity index (χ1v) is 8.07. The van der Waals surface area contributed by atoms with Gasteiger partial charge in [0, 0.05) is 26.2 Å². The van der Waals surface area contributed by atoms with Gasteiger partial charge in [-0.1, -0.05) is 12.2 Å². The standard InChI is InChI=1S/C13H25N3O2S/c1-4-8-15(9-5-2)19(17,18)16-10-6-13(7-11-16)12-14-3/h4-5,13-14H,1-2,6-12H2,3H3. The minimum absolute atomic E-state index is 0.324. The maximum absolute atomic E-state index is 12.5. The molecule has 0 saturated carbocycles. The first-order chi connectivity index (χ1) is 9.06. The molecule has 0 amide bonds. The molecule has 0 bridgehead atoms. The molecule has 1 aliphatic heterocycles. The summed E-state index contributed by atoms with van der Waals surface area (Å²) in [6.07, 6.45) is 5.04. The molecular formula is C13H25N3O2S. The number of hydrogen-bond donors (Lipinski definition) is 1. The Hall–Kier alpha value is -0.690. The van der Waals surface area contributed by atoms with Crippen LogP contribution in [0, 0.1) is 5.92 Å². The van der Waals surface area contributed by atoms with Crippen molar-refractivity contribution in [3.05, 3.63) is 25.3 Å². The number of nitrogens with one attached hydrogen (secondary N) is 1. The van der Waals surface area contributed by atoms with Crippen molar-refractivity contribution in [1.82, 2.24) is 13.9 Å². The Kier molecular flexibility index (Phi) is 6.71. The van der Waals surface area contributed by atoms with Gasteiger partial charge in [0.05, 0.1) is 0 Å². The van der Waals surface area contributed by atoms with E-state index in [0.29, 0.717) is 32.1 Å². The zero-order valence-electron chi connectivity index (χ0n) is 11.7. The summed E-state index contributed by atoms with van der Waals surface area (Å²) >= 11 is 0. The van der Waals surface area contributed by atoms with Gasteiger partial charge in [0.15, 0.2) is 0 Å². The summed E-state index contributed by atoms with van der Waals surface area (Å²) in [4.78, 5) is 0. The van der Waals surface area contributed by atoms with Crippen molar-refractivity contribution in [3.63, 3.8) is 0 Å². The Labute approximate surface area is 117 Å². The van der Waals surface area contributed by atoms with Crippen LogP contribution in [0.4, 0.5) is 0 Å². The van der Waals surface area contributed by atoms with E-state index in [-0.39, 0.29) is 0 Å². The monoisotopic (exact) mass is 287 g/mol. The van der Waals surface area contributed by atoms with E-state index in [4.69, 9.17) is 0 Å². The van der Waals surface area contributed by atoms with Crippen molar-refractivity contribution in [3.8, 4) is 0 Å². The summed E-state index contributed by atoms with van der Waals surface area (Å²) in [6, 6.07) is 0. The first-order valence-electron chi connectivity index (χ1n) is 6.67. The van der Waals surface area contributed by atoms with Crippen LogP contribution in [0.5, 0.6) is 0 Å². The van der Waals surface area contributed by atoms with Crippen molar-refractivity contribution in [1.29, 1.82) is 0 Å². The Balaban J connectivity index is 2.67. The molecule has 6 heteroatoms. The summed E-state index contributed by atoms with van der Waals surface area (Å²) in [5.74, 6) is 0.573. The minimum atomic E-state index is -3.38. The van der Waals surface area contributed by atoms with Gasteiger partial charge >= 0.3 is 0 Å². The lowest BCUT2D eigenvalue weighted by Gasteiger charge is -2.34. The quantitative estimate of drug-likeness (QED) is 0.673. The van der Waals surface area contributed by atoms with E-state index in [1.807, 2.05) is 7.05 Å². The summed E-state index contributed by atoms with van der Waals surface area (Å²) < 4.78 is 27.9. The van der Waals surface area contributed by atoms with Crippen molar-refractivity contribution in [2.24, 2.45) is 5.92 Å². The molecule has 0 aromatic rings. The highest BCUT2D eigenvalue weighted by molar-refractivity contribution is 7.86. The normalized spacial score (nSPS) is 18.6. The summed E-state index contributed by atoms with van der Waals surface area (Å²) in [7, 11) is -1.45. The van der Waals surface area contributed by atoms with Gasteiger partial charge in [-0.05, 0) is 32.4 Å². The Morgan fingerprint density at radius 3 is 2.21 bits per heavy atom. The van der Waals surface area contributed by atoms with E-state index >= 15 is 0 Å². The third kappa shape index (κ3) is 4.42. The van der Waals surface area contributed by atoms with Crippen LogP contribution in [0.25, 0.3) is 0 Å². The highest BCUT2D eigenvalue weighted by Gasteiger charge is 2.31. The lowest BCUT2D eigenvalue weighted by molar-refractivity contribution is 0.256. The fraction of sp³-hybridized carbons (Fsp3) is 0.692. The highest BCUT2D eigenvalue weighted by Crippen LogP contribution is 2.20. The van der Waals surface area contributed by atoms with Crippen molar-refractivity contribution in [2.45, 2.75) is 12.8 Å². The fourth-order valence-corrected chi connectivity index (χ4v) is 3.93. The number of hydrogen-bond acceptors (Lipinski definition) is 3. The predicted molar refractivity (Wildman–Crippen MR) is 79.1 cm³/mol. The first kappa shape index (κ1) is 16.4. The molecule has 0 spiro atoms. The average Bonchev–Trinajstić information content (AvgIpc) is 2.39. The number of rotatable bonds is 8. The zero-order chi connectivity index (χ0) is 14.3. The van der Waals surface area contributed by atoms with Gasteiger partial charge in [-0.2, -0.15) is 17.0 Å². The van der Waals surface area contributed by atoms with Crippen LogP contribution < -0.4 is 5.32 Å². The fourth-order valence-electron chi connectivity index (χ4n) is 2.35. The maximum atomic E-state index is 12.5. The van der Waals surface area contributed by atoms with Crippen molar-refractivity contribution >= 4 is 10.2 Å². The second kappa shape index (κ2) is 7.79. The molecule has 1 rings (SSSR count). The SMILES string of the molecule is C=CCN(CC=C)S(=O)(=O)N1CCC(CNC)CC1. The van der Waals surface area contributed by atoms with Crippen LogP contribution in [-0.4, -0.2) is 56.8 Å². The van der Waals surface area contributed by atoms with E-state index in [1.54, 1.807) is 16.5 Å². The maximum Gasteiger partial charge on any atom is 0.282 e. The summed E-state index contributed by atoms with van der Waals surface area (Å²) in [5.41, 5.74) is 0. The van der Waals surface area contributed by atoms with Gasteiger partial charge in [-0.25, -0.2) is 0 Å². The number of nitrogens with zero attached hydrogens (tertiary/aromatic N) is 2. The third-order valence-electron chi connectivity index (χ3n) is 3.38. The second-order valence-corrected chi connectivity index (χ2v) is 6.73. The summed E-state index contributed by atoms with van der Waals surface area (Å²) in [6.45, 7) is 10.0. The van der Waals surface area contributed by atoms with E-state index in [1.165, 1.54) is 4.31 Å². The topological polar surface area (TPSA) is 52.7 Å². The third-order valence-corrected chi connectivity index (χ3v) is 5.35. The van der Waals surface area contributed by atoms with Gasteiger partial charge in [0.25, 0.3) is 10.2 Å². The lowest BCUT2D eigenvalue weighted by atomic mass is 9.98. The van der Waals surface area contributed by atoms with Crippen LogP contribution in [-0.2, 0) is 10.2 Å². The van der Waals surface area contributed by atoms with Crippen LogP contribution in [0.3, 0.4) is 0 Å². The molecule has 1 fully saturated rings. The van der Waals surface area contributed by atoms with Crippen molar-refractivity contribution < 1.29 is 8.42 Å². The Morgan fingerprint density at radius 1 is 1.26 bits per heavy atom. The van der Waals surface area contributed by atoms with Gasteiger partial charge < -0.3 is 5.32 Å². The highest BCUT2D eigenvalue weighted by atomic mass is 32.2. The van der Waals surface area contributed by atoms with Crippen molar-refractivity contribution in [2.75, 3.05) is 39.8 Å². The molecule has 110 valence electrons. The molecule has 0 aliphatic carbocycles. The second-order valence-electron chi connectivity index (χ2n) is 4.80. The molecule has 0 unspecified atom stereocenters. The molecular weight excluding hydrogens is 262 g/mol. The van der Waals surface area contributed by atoms with Crippen LogP contribution in [0.15, 0.2) is 25.3 Å². The van der Waals surface area contributed by atoms with Gasteiger partial charge in [-0.3, -0.25) is 0 Å².